The van der Waals surface area contributed by atoms with E-state index in [9.17, 15) is 4.79 Å². The Morgan fingerprint density at radius 3 is 2.70 bits per heavy atom. The number of likely N-dealkylation sites (tertiary alicyclic amines) is 1. The van der Waals surface area contributed by atoms with Gasteiger partial charge in [0.25, 0.3) is 0 Å². The minimum Gasteiger partial charge on any atom is -0.493 e. The van der Waals surface area contributed by atoms with Gasteiger partial charge in [0, 0.05) is 38.2 Å². The van der Waals surface area contributed by atoms with Crippen LogP contribution in [0.2, 0.25) is 0 Å². The minimum atomic E-state index is 0. The second-order valence-electron chi connectivity index (χ2n) is 6.11. The van der Waals surface area contributed by atoms with Crippen LogP contribution >= 0.6 is 24.0 Å². The van der Waals surface area contributed by atoms with E-state index in [1.807, 2.05) is 30.0 Å². The Kier molecular flexibility index (Phi) is 10.9. The van der Waals surface area contributed by atoms with Crippen LogP contribution in [0.4, 0.5) is 0 Å². The van der Waals surface area contributed by atoms with Gasteiger partial charge in [0.15, 0.2) is 17.5 Å². The Labute approximate surface area is 178 Å². The normalized spacial score (nSPS) is 14.0. The van der Waals surface area contributed by atoms with Crippen molar-refractivity contribution in [1.29, 1.82) is 0 Å². The smallest absolute Gasteiger partial charge is 0.222 e. The number of methoxy groups -OCH3 is 2. The highest BCUT2D eigenvalue weighted by Crippen LogP contribution is 2.30. The molecule has 7 nitrogen and oxygen atoms in total. The van der Waals surface area contributed by atoms with E-state index in [2.05, 4.69) is 15.6 Å². The zero-order valence-corrected chi connectivity index (χ0v) is 18.7. The lowest BCUT2D eigenvalue weighted by atomic mass is 10.2. The zero-order chi connectivity index (χ0) is 18.8. The third-order valence-corrected chi connectivity index (χ3v) is 4.30. The lowest BCUT2D eigenvalue weighted by molar-refractivity contribution is -0.127. The lowest BCUT2D eigenvalue weighted by Gasteiger charge is -2.16. The fourth-order valence-electron chi connectivity index (χ4n) is 3.00. The van der Waals surface area contributed by atoms with Crippen molar-refractivity contribution >= 4 is 35.8 Å². The van der Waals surface area contributed by atoms with E-state index >= 15 is 0 Å². The molecule has 1 aliphatic heterocycles. The third-order valence-electron chi connectivity index (χ3n) is 4.30. The summed E-state index contributed by atoms with van der Waals surface area (Å²) < 4.78 is 10.8. The summed E-state index contributed by atoms with van der Waals surface area (Å²) in [5.74, 6) is 2.44. The Hall–Kier alpha value is -1.71. The van der Waals surface area contributed by atoms with Gasteiger partial charge in [-0.15, -0.1) is 24.0 Å². The molecule has 1 fully saturated rings. The van der Waals surface area contributed by atoms with Crippen LogP contribution in [0.3, 0.4) is 0 Å². The molecule has 27 heavy (non-hydrogen) atoms. The second-order valence-corrected chi connectivity index (χ2v) is 6.11. The highest BCUT2D eigenvalue weighted by atomic mass is 127. The first-order valence-corrected chi connectivity index (χ1v) is 9.19. The maximum Gasteiger partial charge on any atom is 0.222 e. The molecule has 1 saturated heterocycles. The molecule has 1 heterocycles. The number of benzene rings is 1. The molecule has 1 aromatic carbocycles. The van der Waals surface area contributed by atoms with Crippen LogP contribution in [-0.4, -0.2) is 57.2 Å². The number of carbonyl (C=O) groups is 1. The Bertz CT molecular complexity index is 625. The molecular formula is C19H31IN4O3. The number of guanidine groups is 1. The fourth-order valence-corrected chi connectivity index (χ4v) is 3.00. The van der Waals surface area contributed by atoms with E-state index in [1.165, 1.54) is 0 Å². The monoisotopic (exact) mass is 490 g/mol. The van der Waals surface area contributed by atoms with Gasteiger partial charge in [-0.1, -0.05) is 12.1 Å². The maximum atomic E-state index is 11.6. The number of nitrogens with zero attached hydrogens (tertiary/aromatic N) is 2. The van der Waals surface area contributed by atoms with Crippen LogP contribution in [0.5, 0.6) is 11.5 Å². The van der Waals surface area contributed by atoms with Crippen molar-refractivity contribution in [3.05, 3.63) is 23.8 Å². The summed E-state index contributed by atoms with van der Waals surface area (Å²) in [5, 5.41) is 6.57. The summed E-state index contributed by atoms with van der Waals surface area (Å²) in [6.45, 7) is 5.76. The van der Waals surface area contributed by atoms with Crippen molar-refractivity contribution in [1.82, 2.24) is 15.5 Å². The summed E-state index contributed by atoms with van der Waals surface area (Å²) in [7, 11) is 3.26. The van der Waals surface area contributed by atoms with Crippen molar-refractivity contribution in [2.75, 3.05) is 40.4 Å². The van der Waals surface area contributed by atoms with Crippen LogP contribution in [-0.2, 0) is 11.3 Å². The first kappa shape index (κ1) is 23.3. The average molecular weight is 490 g/mol. The molecular weight excluding hydrogens is 459 g/mol. The summed E-state index contributed by atoms with van der Waals surface area (Å²) >= 11 is 0. The molecule has 2 rings (SSSR count). The van der Waals surface area contributed by atoms with E-state index in [4.69, 9.17) is 9.47 Å². The van der Waals surface area contributed by atoms with Crippen LogP contribution in [0.15, 0.2) is 23.2 Å². The highest BCUT2D eigenvalue weighted by molar-refractivity contribution is 14.0. The van der Waals surface area contributed by atoms with Crippen LogP contribution in [0.1, 0.15) is 31.7 Å². The fraction of sp³-hybridized carbons (Fsp3) is 0.579. The van der Waals surface area contributed by atoms with Crippen LogP contribution in [0.25, 0.3) is 0 Å². The minimum absolute atomic E-state index is 0. The first-order valence-electron chi connectivity index (χ1n) is 9.19. The molecule has 0 spiro atoms. The number of carbonyl (C=O) groups excluding carboxylic acids is 1. The van der Waals surface area contributed by atoms with Gasteiger partial charge in [0.05, 0.1) is 20.8 Å². The number of rotatable bonds is 9. The van der Waals surface area contributed by atoms with Crippen molar-refractivity contribution in [2.24, 2.45) is 4.99 Å². The van der Waals surface area contributed by atoms with Crippen molar-refractivity contribution < 1.29 is 14.3 Å². The van der Waals surface area contributed by atoms with E-state index < -0.39 is 0 Å². The van der Waals surface area contributed by atoms with Gasteiger partial charge >= 0.3 is 0 Å². The summed E-state index contributed by atoms with van der Waals surface area (Å²) in [5.41, 5.74) is 0.965. The number of halogens is 1. The molecule has 1 aromatic rings. The predicted octanol–water partition coefficient (Wildman–Crippen LogP) is 2.39. The number of ether oxygens (including phenoxy) is 2. The lowest BCUT2D eigenvalue weighted by Crippen LogP contribution is -2.39. The van der Waals surface area contributed by atoms with Gasteiger partial charge in [-0.25, -0.2) is 4.99 Å². The molecule has 0 atom stereocenters. The molecule has 0 unspecified atom stereocenters. The van der Waals surface area contributed by atoms with Gasteiger partial charge in [-0.3, -0.25) is 4.79 Å². The number of aliphatic imine (C=N–C) groups is 1. The molecule has 1 aliphatic rings. The second kappa shape index (κ2) is 12.6. The van der Waals surface area contributed by atoms with E-state index in [0.29, 0.717) is 24.5 Å². The summed E-state index contributed by atoms with van der Waals surface area (Å²) in [6, 6.07) is 5.78. The van der Waals surface area contributed by atoms with Gasteiger partial charge in [-0.2, -0.15) is 0 Å². The molecule has 2 N–H and O–H groups in total. The van der Waals surface area contributed by atoms with Crippen molar-refractivity contribution in [2.45, 2.75) is 32.7 Å². The Morgan fingerprint density at radius 1 is 1.26 bits per heavy atom. The van der Waals surface area contributed by atoms with Crippen LogP contribution < -0.4 is 20.1 Å². The standard InChI is InChI=1S/C19H30N4O3.HI/c1-4-20-19(21-11-7-13-23-12-6-10-17(23)24)22-14-15-8-5-9-16(25-2)18(15)26-3;/h5,8-9H,4,6-7,10-14H2,1-3H3,(H2,20,21,22);1H. The van der Waals surface area contributed by atoms with Gasteiger partial charge in [0.1, 0.15) is 0 Å². The van der Waals surface area contributed by atoms with Crippen molar-refractivity contribution in [3.8, 4) is 11.5 Å². The molecule has 152 valence electrons. The van der Waals surface area contributed by atoms with E-state index in [1.54, 1.807) is 14.2 Å². The molecule has 0 aromatic heterocycles. The van der Waals surface area contributed by atoms with E-state index in [-0.39, 0.29) is 29.9 Å². The number of para-hydroxylation sites is 1. The summed E-state index contributed by atoms with van der Waals surface area (Å²) in [4.78, 5) is 18.2. The Morgan fingerprint density at radius 2 is 2.07 bits per heavy atom. The molecule has 8 heteroatoms. The predicted molar refractivity (Wildman–Crippen MR) is 118 cm³/mol. The quantitative estimate of drug-likeness (QED) is 0.241. The number of nitrogens with one attached hydrogen (secondary N) is 2. The number of hydrogen-bond donors (Lipinski definition) is 2. The maximum absolute atomic E-state index is 11.6. The van der Waals surface area contributed by atoms with Crippen molar-refractivity contribution in [3.63, 3.8) is 0 Å². The SMILES string of the molecule is CCNC(=NCc1cccc(OC)c1OC)NCCCN1CCCC1=O.I. The first-order chi connectivity index (χ1) is 12.7. The number of hydrogen-bond acceptors (Lipinski definition) is 4. The average Bonchev–Trinajstić information content (AvgIpc) is 3.07. The summed E-state index contributed by atoms with van der Waals surface area (Å²) in [6.07, 6.45) is 2.58. The molecule has 0 saturated carbocycles. The van der Waals surface area contributed by atoms with Crippen LogP contribution in [0, 0.1) is 0 Å². The largest absolute Gasteiger partial charge is 0.493 e. The Balaban J connectivity index is 0.00000364. The van der Waals surface area contributed by atoms with E-state index in [0.717, 1.165) is 50.5 Å². The zero-order valence-electron chi connectivity index (χ0n) is 16.4. The molecule has 1 amide bonds. The third kappa shape index (κ3) is 7.08. The molecule has 0 aliphatic carbocycles. The molecule has 0 radical (unpaired) electrons. The van der Waals surface area contributed by atoms with Gasteiger partial charge in [-0.05, 0) is 25.8 Å². The van der Waals surface area contributed by atoms with Gasteiger partial charge in [0.2, 0.25) is 5.91 Å². The number of amides is 1. The molecule has 0 bridgehead atoms. The highest BCUT2D eigenvalue weighted by Gasteiger charge is 2.18. The topological polar surface area (TPSA) is 75.2 Å². The van der Waals surface area contributed by atoms with Gasteiger partial charge < -0.3 is 25.0 Å².